The standard InChI is InChI=1S/C13H19F3N4O/c1-8(9-3-5-21-6-4-9)18-11-7-10(17-2)19-12(20-11)13(14,15)16/h7-9H,3-6H2,1-2H3,(H2,17,18,19,20). The van der Waals surface area contributed by atoms with Gasteiger partial charge in [0.05, 0.1) is 0 Å². The Morgan fingerprint density at radius 2 is 1.86 bits per heavy atom. The van der Waals surface area contributed by atoms with Crippen molar-refractivity contribution in [2.24, 2.45) is 5.92 Å². The second-order valence-corrected chi connectivity index (χ2v) is 5.09. The summed E-state index contributed by atoms with van der Waals surface area (Å²) in [6.45, 7) is 3.33. The predicted molar refractivity (Wildman–Crippen MR) is 73.2 cm³/mol. The van der Waals surface area contributed by atoms with Crippen LogP contribution in [0.4, 0.5) is 24.8 Å². The Balaban J connectivity index is 2.14. The van der Waals surface area contributed by atoms with Crippen molar-refractivity contribution >= 4 is 11.6 Å². The fourth-order valence-corrected chi connectivity index (χ4v) is 2.34. The van der Waals surface area contributed by atoms with E-state index in [4.69, 9.17) is 4.74 Å². The molecule has 0 saturated carbocycles. The van der Waals surface area contributed by atoms with Crippen LogP contribution in [0.3, 0.4) is 0 Å². The minimum atomic E-state index is -4.56. The molecule has 8 heteroatoms. The summed E-state index contributed by atoms with van der Waals surface area (Å²) in [5.74, 6) is -0.461. The molecule has 2 rings (SSSR count). The fourth-order valence-electron chi connectivity index (χ4n) is 2.34. The molecule has 118 valence electrons. The molecule has 0 radical (unpaired) electrons. The lowest BCUT2D eigenvalue weighted by atomic mass is 9.93. The van der Waals surface area contributed by atoms with Crippen molar-refractivity contribution < 1.29 is 17.9 Å². The summed E-state index contributed by atoms with van der Waals surface area (Å²) in [6.07, 6.45) is -2.78. The molecule has 21 heavy (non-hydrogen) atoms. The van der Waals surface area contributed by atoms with Gasteiger partial charge in [0, 0.05) is 32.4 Å². The monoisotopic (exact) mass is 304 g/mol. The zero-order valence-electron chi connectivity index (χ0n) is 12.0. The van der Waals surface area contributed by atoms with Crippen LogP contribution in [0.25, 0.3) is 0 Å². The molecular formula is C13H19F3N4O. The van der Waals surface area contributed by atoms with Crippen LogP contribution in [0.15, 0.2) is 6.07 Å². The lowest BCUT2D eigenvalue weighted by Crippen LogP contribution is -2.31. The zero-order chi connectivity index (χ0) is 15.5. The molecule has 1 aliphatic heterocycles. The average molecular weight is 304 g/mol. The predicted octanol–water partition coefficient (Wildman–Crippen LogP) is 2.76. The van der Waals surface area contributed by atoms with Crippen molar-refractivity contribution in [3.8, 4) is 0 Å². The highest BCUT2D eigenvalue weighted by Crippen LogP contribution is 2.29. The zero-order valence-corrected chi connectivity index (χ0v) is 12.0. The van der Waals surface area contributed by atoms with Crippen molar-refractivity contribution in [1.29, 1.82) is 0 Å². The van der Waals surface area contributed by atoms with Gasteiger partial charge < -0.3 is 15.4 Å². The maximum Gasteiger partial charge on any atom is 0.451 e. The van der Waals surface area contributed by atoms with Gasteiger partial charge in [0.15, 0.2) is 0 Å². The molecule has 0 aliphatic carbocycles. The molecule has 0 aromatic carbocycles. The first-order valence-corrected chi connectivity index (χ1v) is 6.88. The van der Waals surface area contributed by atoms with E-state index >= 15 is 0 Å². The van der Waals surface area contributed by atoms with E-state index in [1.54, 1.807) is 0 Å². The van der Waals surface area contributed by atoms with Crippen LogP contribution in [0.1, 0.15) is 25.6 Å². The minimum absolute atomic E-state index is 0.0228. The average Bonchev–Trinajstić information content (AvgIpc) is 2.46. The number of nitrogens with one attached hydrogen (secondary N) is 2. The number of anilines is 2. The number of hydrogen-bond donors (Lipinski definition) is 2. The molecular weight excluding hydrogens is 285 g/mol. The number of alkyl halides is 3. The summed E-state index contributed by atoms with van der Waals surface area (Å²) in [4.78, 5) is 7.00. The fraction of sp³-hybridized carbons (Fsp3) is 0.692. The van der Waals surface area contributed by atoms with E-state index in [2.05, 4.69) is 20.6 Å². The van der Waals surface area contributed by atoms with Crippen LogP contribution in [0.5, 0.6) is 0 Å². The first-order chi connectivity index (χ1) is 9.90. The Morgan fingerprint density at radius 1 is 1.24 bits per heavy atom. The minimum Gasteiger partial charge on any atom is -0.381 e. The van der Waals surface area contributed by atoms with Crippen LogP contribution in [0, 0.1) is 5.92 Å². The summed E-state index contributed by atoms with van der Waals surface area (Å²) in [5.41, 5.74) is 0. The molecule has 0 bridgehead atoms. The van der Waals surface area contributed by atoms with Crippen molar-refractivity contribution in [3.63, 3.8) is 0 Å². The maximum absolute atomic E-state index is 12.8. The molecule has 2 heterocycles. The number of aromatic nitrogens is 2. The van der Waals surface area contributed by atoms with E-state index in [1.165, 1.54) is 13.1 Å². The molecule has 1 aromatic rings. The van der Waals surface area contributed by atoms with Gasteiger partial charge in [0.25, 0.3) is 0 Å². The van der Waals surface area contributed by atoms with Crippen LogP contribution in [-0.2, 0) is 10.9 Å². The molecule has 5 nitrogen and oxygen atoms in total. The summed E-state index contributed by atoms with van der Waals surface area (Å²) >= 11 is 0. The van der Waals surface area contributed by atoms with Crippen molar-refractivity contribution in [2.45, 2.75) is 32.0 Å². The number of nitrogens with zero attached hydrogens (tertiary/aromatic N) is 2. The second-order valence-electron chi connectivity index (χ2n) is 5.09. The van der Waals surface area contributed by atoms with Gasteiger partial charge in [-0.05, 0) is 25.7 Å². The molecule has 2 N–H and O–H groups in total. The molecule has 1 aromatic heterocycles. The van der Waals surface area contributed by atoms with Crippen molar-refractivity contribution in [3.05, 3.63) is 11.9 Å². The number of hydrogen-bond acceptors (Lipinski definition) is 5. The highest BCUT2D eigenvalue weighted by atomic mass is 19.4. The molecule has 1 atom stereocenters. The lowest BCUT2D eigenvalue weighted by molar-refractivity contribution is -0.144. The quantitative estimate of drug-likeness (QED) is 0.896. The highest BCUT2D eigenvalue weighted by Gasteiger charge is 2.35. The number of rotatable bonds is 4. The van der Waals surface area contributed by atoms with Gasteiger partial charge in [-0.3, -0.25) is 0 Å². The Hall–Kier alpha value is -1.57. The van der Waals surface area contributed by atoms with Gasteiger partial charge in [0.1, 0.15) is 11.6 Å². The molecule has 1 aliphatic rings. The summed E-state index contributed by atoms with van der Waals surface area (Å²) in [6, 6.07) is 1.50. The molecule has 1 saturated heterocycles. The molecule has 1 unspecified atom stereocenters. The summed E-state index contributed by atoms with van der Waals surface area (Å²) < 4.78 is 43.6. The first kappa shape index (κ1) is 15.8. The smallest absolute Gasteiger partial charge is 0.381 e. The Bertz CT molecular complexity index is 475. The first-order valence-electron chi connectivity index (χ1n) is 6.88. The van der Waals surface area contributed by atoms with E-state index in [1.807, 2.05) is 6.92 Å². The normalized spacial score (nSPS) is 18.3. The lowest BCUT2D eigenvalue weighted by Gasteiger charge is -2.28. The Morgan fingerprint density at radius 3 is 2.43 bits per heavy atom. The maximum atomic E-state index is 12.8. The third kappa shape index (κ3) is 4.20. The van der Waals surface area contributed by atoms with Crippen LogP contribution < -0.4 is 10.6 Å². The van der Waals surface area contributed by atoms with Crippen LogP contribution in [-0.4, -0.2) is 36.3 Å². The molecule has 0 amide bonds. The Labute approximate surface area is 121 Å². The van der Waals surface area contributed by atoms with Gasteiger partial charge in [-0.2, -0.15) is 13.2 Å². The van der Waals surface area contributed by atoms with E-state index in [-0.39, 0.29) is 17.7 Å². The van der Waals surface area contributed by atoms with Crippen molar-refractivity contribution in [2.75, 3.05) is 30.9 Å². The topological polar surface area (TPSA) is 59.1 Å². The van der Waals surface area contributed by atoms with E-state index in [0.29, 0.717) is 19.1 Å². The SMILES string of the molecule is CNc1cc(NC(C)C2CCOCC2)nc(C(F)(F)F)n1. The Kier molecular flexibility index (Phi) is 4.87. The summed E-state index contributed by atoms with van der Waals surface area (Å²) in [5, 5.41) is 5.67. The van der Waals surface area contributed by atoms with Crippen LogP contribution in [0.2, 0.25) is 0 Å². The van der Waals surface area contributed by atoms with E-state index < -0.39 is 12.0 Å². The van der Waals surface area contributed by atoms with Gasteiger partial charge >= 0.3 is 6.18 Å². The second kappa shape index (κ2) is 6.46. The van der Waals surface area contributed by atoms with Gasteiger partial charge in [-0.25, -0.2) is 9.97 Å². The molecule has 1 fully saturated rings. The third-order valence-electron chi connectivity index (χ3n) is 3.58. The summed E-state index contributed by atoms with van der Waals surface area (Å²) in [7, 11) is 1.52. The number of halogens is 3. The third-order valence-corrected chi connectivity index (χ3v) is 3.58. The number of ether oxygens (including phenoxy) is 1. The van der Waals surface area contributed by atoms with Gasteiger partial charge in [0.2, 0.25) is 5.82 Å². The van der Waals surface area contributed by atoms with Crippen molar-refractivity contribution in [1.82, 2.24) is 9.97 Å². The largest absolute Gasteiger partial charge is 0.451 e. The molecule has 0 spiro atoms. The highest BCUT2D eigenvalue weighted by molar-refractivity contribution is 5.48. The van der Waals surface area contributed by atoms with Crippen LogP contribution >= 0.6 is 0 Å². The van der Waals surface area contributed by atoms with E-state index in [0.717, 1.165) is 12.8 Å². The van der Waals surface area contributed by atoms with E-state index in [9.17, 15) is 13.2 Å². The van der Waals surface area contributed by atoms with Gasteiger partial charge in [-0.1, -0.05) is 0 Å². The van der Waals surface area contributed by atoms with Gasteiger partial charge in [-0.15, -0.1) is 0 Å².